The molecule has 0 rings (SSSR count). The lowest BCUT2D eigenvalue weighted by molar-refractivity contribution is 0.429. The molecule has 6 heteroatoms. The molecule has 0 unspecified atom stereocenters. The van der Waals surface area contributed by atoms with Gasteiger partial charge in [-0.05, 0) is 0 Å². The number of hydrogen-bond acceptors (Lipinski definition) is 3. The molecule has 0 aromatic heterocycles. The largest absolute Gasteiger partial charge is 0.336 e. The van der Waals surface area contributed by atoms with Crippen molar-refractivity contribution in [3.05, 3.63) is 0 Å². The van der Waals surface area contributed by atoms with Crippen molar-refractivity contribution in [3.63, 3.8) is 0 Å². The van der Waals surface area contributed by atoms with E-state index in [4.69, 9.17) is 0 Å². The van der Waals surface area contributed by atoms with Gasteiger partial charge in [-0.15, -0.1) is 0 Å². The highest BCUT2D eigenvalue weighted by molar-refractivity contribution is 6.74. The van der Waals surface area contributed by atoms with Gasteiger partial charge in [-0.1, -0.05) is 58.9 Å². The molecule has 2 N–H and O–H groups in total. The van der Waals surface area contributed by atoms with Crippen LogP contribution in [0, 0.1) is 0 Å². The molecule has 0 amide bonds. The van der Waals surface area contributed by atoms with Gasteiger partial charge in [-0.2, -0.15) is 0 Å². The van der Waals surface area contributed by atoms with Gasteiger partial charge in [0.1, 0.15) is 24.7 Å². The van der Waals surface area contributed by atoms with Crippen LogP contribution < -0.4 is 9.96 Å². The predicted molar refractivity (Wildman–Crippen MR) is 97.6 cm³/mol. The highest BCUT2D eigenvalue weighted by Crippen LogP contribution is 2.08. The first kappa shape index (κ1) is 19.5. The fraction of sp³-hybridized carbons (Fsp3) is 1.00. The number of rotatable bonds is 9. The third-order valence-electron chi connectivity index (χ3n) is 3.02. The van der Waals surface area contributed by atoms with Crippen LogP contribution in [-0.2, 0) is 0 Å². The summed E-state index contributed by atoms with van der Waals surface area (Å²) in [6.45, 7) is 26.3. The van der Waals surface area contributed by atoms with E-state index in [0.717, 1.165) is 13.1 Å². The highest BCUT2D eigenvalue weighted by atomic mass is 28.3. The first-order chi connectivity index (χ1) is 8.31. The molecule has 0 aliphatic carbocycles. The van der Waals surface area contributed by atoms with Crippen LogP contribution in [0.2, 0.25) is 58.9 Å². The van der Waals surface area contributed by atoms with Crippen molar-refractivity contribution in [1.82, 2.24) is 14.5 Å². The van der Waals surface area contributed by atoms with Crippen LogP contribution in [0.4, 0.5) is 0 Å². The van der Waals surface area contributed by atoms with Crippen LogP contribution in [0.15, 0.2) is 0 Å². The molecule has 3 nitrogen and oxygen atoms in total. The summed E-state index contributed by atoms with van der Waals surface area (Å²) in [6.07, 6.45) is 0. The smallest absolute Gasteiger partial charge is 0.119 e. The summed E-state index contributed by atoms with van der Waals surface area (Å²) < 4.78 is 2.73. The van der Waals surface area contributed by atoms with Crippen molar-refractivity contribution in [2.75, 3.05) is 26.2 Å². The van der Waals surface area contributed by atoms with E-state index >= 15 is 0 Å². The predicted octanol–water partition coefficient (Wildman–Crippen LogP) is 2.97. The van der Waals surface area contributed by atoms with Crippen LogP contribution in [0.3, 0.4) is 0 Å². The van der Waals surface area contributed by atoms with Crippen molar-refractivity contribution >= 4 is 24.7 Å². The summed E-state index contributed by atoms with van der Waals surface area (Å²) in [6, 6.07) is 0. The lowest BCUT2D eigenvalue weighted by atomic mass is 10.6. The highest BCUT2D eigenvalue weighted by Gasteiger charge is 2.24. The third-order valence-corrected chi connectivity index (χ3v) is 7.99. The molecule has 0 radical (unpaired) electrons. The van der Waals surface area contributed by atoms with E-state index in [0.29, 0.717) is 0 Å². The molecule has 0 bridgehead atoms. The molecule has 0 aliphatic heterocycles. The maximum absolute atomic E-state index is 3.74. The second-order valence-corrected chi connectivity index (χ2v) is 23.2. The summed E-state index contributed by atoms with van der Waals surface area (Å²) in [7, 11) is -3.42. The lowest BCUT2D eigenvalue weighted by Crippen LogP contribution is -2.54. The van der Waals surface area contributed by atoms with Crippen LogP contribution in [-0.4, -0.2) is 55.5 Å². The van der Waals surface area contributed by atoms with Crippen LogP contribution >= 0.6 is 0 Å². The summed E-state index contributed by atoms with van der Waals surface area (Å²) >= 11 is 0. The van der Waals surface area contributed by atoms with Crippen molar-refractivity contribution in [2.24, 2.45) is 0 Å². The zero-order valence-electron chi connectivity index (χ0n) is 14.8. The van der Waals surface area contributed by atoms with Gasteiger partial charge in [-0.25, -0.2) is 0 Å². The minimum Gasteiger partial charge on any atom is -0.336 e. The van der Waals surface area contributed by atoms with E-state index in [-0.39, 0.29) is 0 Å². The molecule has 0 aromatic rings. The molecular weight excluding hydrogens is 282 g/mol. The number of hydrogen-bond donors (Lipinski definition) is 2. The van der Waals surface area contributed by atoms with Gasteiger partial charge in [0.25, 0.3) is 0 Å². The molecular formula is C13H37N3Si3. The Morgan fingerprint density at radius 2 is 0.947 bits per heavy atom. The van der Waals surface area contributed by atoms with Gasteiger partial charge in [0, 0.05) is 26.2 Å². The summed E-state index contributed by atoms with van der Waals surface area (Å²) in [5, 5.41) is 0. The first-order valence-electron chi connectivity index (χ1n) is 7.56. The zero-order chi connectivity index (χ0) is 15.3. The Hall–Kier alpha value is 0.531. The Kier molecular flexibility index (Phi) is 7.72. The Balaban J connectivity index is 4.19. The second kappa shape index (κ2) is 7.51. The molecule has 0 heterocycles. The maximum Gasteiger partial charge on any atom is 0.119 e. The van der Waals surface area contributed by atoms with E-state index < -0.39 is 24.7 Å². The van der Waals surface area contributed by atoms with E-state index in [1.807, 2.05) is 0 Å². The zero-order valence-corrected chi connectivity index (χ0v) is 17.8. The van der Waals surface area contributed by atoms with Gasteiger partial charge in [0.15, 0.2) is 0 Å². The average molecular weight is 320 g/mol. The Morgan fingerprint density at radius 1 is 0.632 bits per heavy atom. The normalized spacial score (nSPS) is 14.2. The van der Waals surface area contributed by atoms with E-state index in [9.17, 15) is 0 Å². The van der Waals surface area contributed by atoms with Crippen molar-refractivity contribution in [3.8, 4) is 0 Å². The Morgan fingerprint density at radius 3 is 1.16 bits per heavy atom. The molecule has 0 saturated heterocycles. The Labute approximate surface area is 124 Å². The number of nitrogens with zero attached hydrogens (tertiary/aromatic N) is 1. The third kappa shape index (κ3) is 12.0. The number of nitrogens with one attached hydrogen (secondary N) is 2. The fourth-order valence-corrected chi connectivity index (χ4v) is 5.20. The second-order valence-electron chi connectivity index (χ2n) is 8.51. The molecule has 0 atom stereocenters. The van der Waals surface area contributed by atoms with Crippen LogP contribution in [0.1, 0.15) is 0 Å². The minimum absolute atomic E-state index is 1.11. The quantitative estimate of drug-likeness (QED) is 0.640. The Bertz CT molecular complexity index is 231. The topological polar surface area (TPSA) is 27.3 Å². The average Bonchev–Trinajstić information content (AvgIpc) is 2.09. The summed E-state index contributed by atoms with van der Waals surface area (Å²) in [5.41, 5.74) is 0. The molecule has 0 spiro atoms. The lowest BCUT2D eigenvalue weighted by Gasteiger charge is -2.36. The molecule has 0 aliphatic rings. The van der Waals surface area contributed by atoms with Gasteiger partial charge >= 0.3 is 0 Å². The molecule has 0 aromatic carbocycles. The summed E-state index contributed by atoms with van der Waals surface area (Å²) in [5.74, 6) is 0. The molecule has 19 heavy (non-hydrogen) atoms. The van der Waals surface area contributed by atoms with Crippen molar-refractivity contribution in [2.45, 2.75) is 58.9 Å². The summed E-state index contributed by atoms with van der Waals surface area (Å²) in [4.78, 5) is 7.48. The van der Waals surface area contributed by atoms with Gasteiger partial charge in [0.05, 0.1) is 0 Å². The molecule has 116 valence electrons. The SMILES string of the molecule is C[Si](C)(C)NCCN(CCN[Si](C)(C)C)[Si](C)(C)C. The molecule has 0 saturated carbocycles. The van der Waals surface area contributed by atoms with Gasteiger partial charge in [-0.3, -0.25) is 0 Å². The molecule has 0 fully saturated rings. The van der Waals surface area contributed by atoms with E-state index in [1.165, 1.54) is 13.1 Å². The van der Waals surface area contributed by atoms with E-state index in [1.54, 1.807) is 0 Å². The monoisotopic (exact) mass is 319 g/mol. The first-order valence-corrected chi connectivity index (χ1v) is 18.0. The van der Waals surface area contributed by atoms with Crippen molar-refractivity contribution < 1.29 is 0 Å². The van der Waals surface area contributed by atoms with Crippen LogP contribution in [0.5, 0.6) is 0 Å². The van der Waals surface area contributed by atoms with Crippen LogP contribution in [0.25, 0.3) is 0 Å². The maximum atomic E-state index is 3.74. The van der Waals surface area contributed by atoms with E-state index in [2.05, 4.69) is 73.5 Å². The van der Waals surface area contributed by atoms with Gasteiger partial charge < -0.3 is 14.5 Å². The van der Waals surface area contributed by atoms with Gasteiger partial charge in [0.2, 0.25) is 0 Å². The van der Waals surface area contributed by atoms with Crippen molar-refractivity contribution in [1.29, 1.82) is 0 Å². The standard InChI is InChI=1S/C13H37N3Si3/c1-17(2,3)14-10-12-16(19(7,8)9)13-11-15-18(4,5)6/h14-15H,10-13H2,1-9H3. The fourth-order valence-electron chi connectivity index (χ4n) is 1.91. The minimum atomic E-state index is -1.20.